The normalized spacial score (nSPS) is 11.0. The predicted octanol–water partition coefficient (Wildman–Crippen LogP) is 5.18. The highest BCUT2D eigenvalue weighted by atomic mass is 35.5. The van der Waals surface area contributed by atoms with Crippen LogP contribution in [0.2, 0.25) is 5.02 Å². The Morgan fingerprint density at radius 2 is 1.86 bits per heavy atom. The summed E-state index contributed by atoms with van der Waals surface area (Å²) in [6, 6.07) is 17.5. The molecule has 29 heavy (non-hydrogen) atoms. The van der Waals surface area contributed by atoms with Crippen molar-refractivity contribution in [2.75, 3.05) is 11.9 Å². The lowest BCUT2D eigenvalue weighted by Crippen LogP contribution is -2.20. The number of hydrogen-bond donors (Lipinski definition) is 1. The van der Waals surface area contributed by atoms with Crippen LogP contribution in [0.25, 0.3) is 21.9 Å². The van der Waals surface area contributed by atoms with Gasteiger partial charge < -0.3 is 14.5 Å². The SMILES string of the molecule is CCc1ccc(OCC(=O)Nc2ccc3c(=O)c4cccc(Cl)c4oc3c2)cc1. The van der Waals surface area contributed by atoms with E-state index in [2.05, 4.69) is 12.2 Å². The number of fused-ring (bicyclic) bond motifs is 2. The van der Waals surface area contributed by atoms with Gasteiger partial charge in [0.25, 0.3) is 5.91 Å². The van der Waals surface area contributed by atoms with Crippen LogP contribution in [-0.2, 0) is 11.2 Å². The van der Waals surface area contributed by atoms with Crippen molar-refractivity contribution >= 4 is 45.1 Å². The standard InChI is InChI=1S/C23H18ClNO4/c1-2-14-6-9-16(10-7-14)28-13-21(26)25-15-8-11-17-20(12-15)29-23-18(22(17)27)4-3-5-19(23)24/h3-12H,2,13H2,1H3,(H,25,26). The lowest BCUT2D eigenvalue weighted by atomic mass is 10.1. The smallest absolute Gasteiger partial charge is 0.262 e. The first-order valence-corrected chi connectivity index (χ1v) is 9.59. The quantitative estimate of drug-likeness (QED) is 0.463. The van der Waals surface area contributed by atoms with E-state index < -0.39 is 0 Å². The van der Waals surface area contributed by atoms with Crippen molar-refractivity contribution in [2.45, 2.75) is 13.3 Å². The fraction of sp³-hybridized carbons (Fsp3) is 0.130. The molecule has 5 nitrogen and oxygen atoms in total. The van der Waals surface area contributed by atoms with E-state index >= 15 is 0 Å². The molecule has 0 aliphatic carbocycles. The van der Waals surface area contributed by atoms with Crippen LogP contribution in [0.15, 0.2) is 69.9 Å². The van der Waals surface area contributed by atoms with Gasteiger partial charge in [0.1, 0.15) is 11.3 Å². The molecule has 0 spiro atoms. The molecule has 6 heteroatoms. The molecule has 0 radical (unpaired) electrons. The first kappa shape index (κ1) is 19.0. The van der Waals surface area contributed by atoms with Crippen molar-refractivity contribution in [3.8, 4) is 5.75 Å². The summed E-state index contributed by atoms with van der Waals surface area (Å²) in [7, 11) is 0. The molecule has 1 amide bonds. The first-order chi connectivity index (χ1) is 14.0. The molecule has 0 atom stereocenters. The van der Waals surface area contributed by atoms with E-state index in [1.807, 2.05) is 24.3 Å². The Labute approximate surface area is 171 Å². The second kappa shape index (κ2) is 7.97. The van der Waals surface area contributed by atoms with E-state index in [0.29, 0.717) is 38.4 Å². The Bertz CT molecular complexity index is 1260. The first-order valence-electron chi connectivity index (χ1n) is 9.22. The molecule has 1 N–H and O–H groups in total. The molecular formula is C23H18ClNO4. The third-order valence-electron chi connectivity index (χ3n) is 4.64. The summed E-state index contributed by atoms with van der Waals surface area (Å²) in [5.41, 5.74) is 2.22. The van der Waals surface area contributed by atoms with Crippen LogP contribution in [0.5, 0.6) is 5.75 Å². The van der Waals surface area contributed by atoms with Crippen molar-refractivity contribution in [3.63, 3.8) is 0 Å². The average molecular weight is 408 g/mol. The van der Waals surface area contributed by atoms with Crippen molar-refractivity contribution in [1.29, 1.82) is 0 Å². The number of carbonyl (C=O) groups is 1. The van der Waals surface area contributed by atoms with Gasteiger partial charge in [-0.2, -0.15) is 0 Å². The number of para-hydroxylation sites is 1. The van der Waals surface area contributed by atoms with E-state index in [9.17, 15) is 9.59 Å². The van der Waals surface area contributed by atoms with Crippen LogP contribution in [0.4, 0.5) is 5.69 Å². The number of ether oxygens (including phenoxy) is 1. The summed E-state index contributed by atoms with van der Waals surface area (Å²) in [5.74, 6) is 0.313. The lowest BCUT2D eigenvalue weighted by Gasteiger charge is -2.09. The third kappa shape index (κ3) is 3.96. The van der Waals surface area contributed by atoms with Crippen LogP contribution in [0.1, 0.15) is 12.5 Å². The van der Waals surface area contributed by atoms with Gasteiger partial charge >= 0.3 is 0 Å². The van der Waals surface area contributed by atoms with Crippen molar-refractivity contribution in [2.24, 2.45) is 0 Å². The van der Waals surface area contributed by atoms with E-state index in [1.54, 1.807) is 36.4 Å². The minimum atomic E-state index is -0.315. The van der Waals surface area contributed by atoms with Crippen molar-refractivity contribution in [1.82, 2.24) is 0 Å². The van der Waals surface area contributed by atoms with Crippen molar-refractivity contribution in [3.05, 3.63) is 81.5 Å². The number of nitrogens with one attached hydrogen (secondary N) is 1. The number of anilines is 1. The van der Waals surface area contributed by atoms with E-state index in [-0.39, 0.29) is 17.9 Å². The molecular weight excluding hydrogens is 390 g/mol. The maximum absolute atomic E-state index is 12.7. The fourth-order valence-electron chi connectivity index (χ4n) is 3.09. The molecule has 0 unspecified atom stereocenters. The molecule has 146 valence electrons. The Morgan fingerprint density at radius 3 is 2.62 bits per heavy atom. The van der Waals surface area contributed by atoms with Crippen LogP contribution >= 0.6 is 11.6 Å². The second-order valence-electron chi connectivity index (χ2n) is 6.59. The topological polar surface area (TPSA) is 68.5 Å². The number of carbonyl (C=O) groups excluding carboxylic acids is 1. The van der Waals surface area contributed by atoms with Gasteiger partial charge in [-0.3, -0.25) is 9.59 Å². The van der Waals surface area contributed by atoms with Crippen LogP contribution in [0.3, 0.4) is 0 Å². The Kier molecular flexibility index (Phi) is 5.23. The molecule has 0 fully saturated rings. The minimum Gasteiger partial charge on any atom is -0.484 e. The number of aryl methyl sites for hydroxylation is 1. The average Bonchev–Trinajstić information content (AvgIpc) is 2.73. The zero-order valence-corrected chi connectivity index (χ0v) is 16.5. The lowest BCUT2D eigenvalue weighted by molar-refractivity contribution is -0.118. The number of benzene rings is 3. The molecule has 3 aromatic carbocycles. The molecule has 1 aromatic heterocycles. The van der Waals surface area contributed by atoms with Gasteiger partial charge in [-0.05, 0) is 48.4 Å². The van der Waals surface area contributed by atoms with Gasteiger partial charge in [-0.25, -0.2) is 0 Å². The highest BCUT2D eigenvalue weighted by Gasteiger charge is 2.11. The van der Waals surface area contributed by atoms with Gasteiger partial charge in [-0.15, -0.1) is 0 Å². The molecule has 0 aliphatic heterocycles. The largest absolute Gasteiger partial charge is 0.484 e. The van der Waals surface area contributed by atoms with Gasteiger partial charge in [0, 0.05) is 11.8 Å². The number of halogens is 1. The van der Waals surface area contributed by atoms with Gasteiger partial charge in [0.15, 0.2) is 12.2 Å². The molecule has 0 bridgehead atoms. The molecule has 0 saturated heterocycles. The predicted molar refractivity (Wildman–Crippen MR) is 115 cm³/mol. The van der Waals surface area contributed by atoms with Gasteiger partial charge in [0.2, 0.25) is 5.43 Å². The zero-order valence-electron chi connectivity index (χ0n) is 15.7. The van der Waals surface area contributed by atoms with Crippen LogP contribution < -0.4 is 15.5 Å². The summed E-state index contributed by atoms with van der Waals surface area (Å²) < 4.78 is 11.3. The van der Waals surface area contributed by atoms with Crippen molar-refractivity contribution < 1.29 is 13.9 Å². The second-order valence-corrected chi connectivity index (χ2v) is 7.00. The molecule has 0 saturated carbocycles. The van der Waals surface area contributed by atoms with Gasteiger partial charge in [-0.1, -0.05) is 36.7 Å². The molecule has 4 rings (SSSR count). The van der Waals surface area contributed by atoms with E-state index in [0.717, 1.165) is 6.42 Å². The zero-order chi connectivity index (χ0) is 20.4. The minimum absolute atomic E-state index is 0.128. The number of hydrogen-bond acceptors (Lipinski definition) is 4. The van der Waals surface area contributed by atoms with Crippen LogP contribution in [-0.4, -0.2) is 12.5 Å². The maximum atomic E-state index is 12.7. The van der Waals surface area contributed by atoms with E-state index in [1.165, 1.54) is 5.56 Å². The van der Waals surface area contributed by atoms with E-state index in [4.69, 9.17) is 20.8 Å². The Hall–Kier alpha value is -3.31. The highest BCUT2D eigenvalue weighted by Crippen LogP contribution is 2.26. The summed E-state index contributed by atoms with van der Waals surface area (Å²) in [6.07, 6.45) is 0.944. The monoisotopic (exact) mass is 407 g/mol. The maximum Gasteiger partial charge on any atom is 0.262 e. The molecule has 4 aromatic rings. The third-order valence-corrected chi connectivity index (χ3v) is 4.93. The molecule has 1 heterocycles. The van der Waals surface area contributed by atoms with Gasteiger partial charge in [0.05, 0.1) is 15.8 Å². The number of amides is 1. The summed E-state index contributed by atoms with van der Waals surface area (Å²) in [6.45, 7) is 1.95. The Balaban J connectivity index is 1.53. The summed E-state index contributed by atoms with van der Waals surface area (Å²) in [4.78, 5) is 24.9. The summed E-state index contributed by atoms with van der Waals surface area (Å²) in [5, 5.41) is 3.95. The summed E-state index contributed by atoms with van der Waals surface area (Å²) >= 11 is 6.15. The number of rotatable bonds is 5. The highest BCUT2D eigenvalue weighted by molar-refractivity contribution is 6.34. The van der Waals surface area contributed by atoms with Crippen LogP contribution in [0, 0.1) is 0 Å². The molecule has 0 aliphatic rings. The fourth-order valence-corrected chi connectivity index (χ4v) is 3.30. The Morgan fingerprint density at radius 1 is 1.07 bits per heavy atom.